The summed E-state index contributed by atoms with van der Waals surface area (Å²) in [4.78, 5) is 11.2. The van der Waals surface area contributed by atoms with Crippen molar-refractivity contribution in [1.82, 2.24) is 9.62 Å². The molecule has 1 aromatic carbocycles. The number of rotatable bonds is 8. The lowest BCUT2D eigenvalue weighted by atomic mass is 10.2. The first-order valence-electron chi connectivity index (χ1n) is 7.25. The largest absolute Gasteiger partial charge is 0.352 e. The highest BCUT2D eigenvalue weighted by molar-refractivity contribution is 7.89. The molecule has 1 rings (SSSR count). The minimum Gasteiger partial charge on any atom is -0.352 e. The number of amides is 1. The number of hydrogen-bond donors (Lipinski definition) is 1. The molecule has 0 spiro atoms. The van der Waals surface area contributed by atoms with Crippen molar-refractivity contribution in [3.63, 3.8) is 0 Å². The van der Waals surface area contributed by atoms with E-state index in [9.17, 15) is 13.2 Å². The van der Waals surface area contributed by atoms with Crippen LogP contribution in [0.4, 0.5) is 0 Å². The molecule has 0 heterocycles. The number of nitrogens with zero attached hydrogens (tertiary/aromatic N) is 1. The molecular formula is C15H24N2O3S. The van der Waals surface area contributed by atoms with Crippen molar-refractivity contribution >= 4 is 15.9 Å². The van der Waals surface area contributed by atoms with E-state index in [0.717, 1.165) is 18.4 Å². The van der Waals surface area contributed by atoms with Crippen molar-refractivity contribution in [3.05, 3.63) is 29.8 Å². The number of nitrogens with one attached hydrogen (secondary N) is 1. The number of carbonyl (C=O) groups is 1. The lowest BCUT2D eigenvalue weighted by Crippen LogP contribution is -2.32. The van der Waals surface area contributed by atoms with Crippen molar-refractivity contribution in [2.75, 3.05) is 13.1 Å². The lowest BCUT2D eigenvalue weighted by Gasteiger charge is -2.21. The van der Waals surface area contributed by atoms with E-state index in [-0.39, 0.29) is 5.91 Å². The average molecular weight is 312 g/mol. The van der Waals surface area contributed by atoms with Crippen molar-refractivity contribution < 1.29 is 13.2 Å². The molecule has 0 bridgehead atoms. The van der Waals surface area contributed by atoms with Crippen LogP contribution in [0.3, 0.4) is 0 Å². The predicted molar refractivity (Wildman–Crippen MR) is 83.3 cm³/mol. The third-order valence-electron chi connectivity index (χ3n) is 3.05. The Morgan fingerprint density at radius 1 is 1.10 bits per heavy atom. The van der Waals surface area contributed by atoms with Gasteiger partial charge in [-0.05, 0) is 30.5 Å². The summed E-state index contributed by atoms with van der Waals surface area (Å²) in [5.74, 6) is -0.108. The first-order chi connectivity index (χ1) is 9.91. The smallest absolute Gasteiger partial charge is 0.243 e. The van der Waals surface area contributed by atoms with Crippen LogP contribution in [0.1, 0.15) is 39.2 Å². The van der Waals surface area contributed by atoms with Crippen molar-refractivity contribution in [1.29, 1.82) is 0 Å². The molecule has 0 radical (unpaired) electrons. The fourth-order valence-electron chi connectivity index (χ4n) is 2.01. The highest BCUT2D eigenvalue weighted by atomic mass is 32.2. The zero-order valence-corrected chi connectivity index (χ0v) is 13.7. The second-order valence-electron chi connectivity index (χ2n) is 4.96. The van der Waals surface area contributed by atoms with E-state index in [1.807, 2.05) is 13.8 Å². The van der Waals surface area contributed by atoms with E-state index < -0.39 is 10.0 Å². The van der Waals surface area contributed by atoms with Crippen molar-refractivity contribution in [2.45, 2.75) is 45.1 Å². The molecule has 0 atom stereocenters. The van der Waals surface area contributed by atoms with Crippen LogP contribution >= 0.6 is 0 Å². The molecule has 0 unspecified atom stereocenters. The second-order valence-corrected chi connectivity index (χ2v) is 6.90. The Hall–Kier alpha value is -1.40. The Bertz CT molecular complexity index is 547. The van der Waals surface area contributed by atoms with Crippen molar-refractivity contribution in [3.8, 4) is 0 Å². The highest BCUT2D eigenvalue weighted by Gasteiger charge is 2.22. The molecule has 1 N–H and O–H groups in total. The summed E-state index contributed by atoms with van der Waals surface area (Å²) >= 11 is 0. The molecule has 0 saturated carbocycles. The first-order valence-corrected chi connectivity index (χ1v) is 8.69. The Labute approximate surface area is 127 Å². The van der Waals surface area contributed by atoms with Gasteiger partial charge in [0.15, 0.2) is 0 Å². The maximum absolute atomic E-state index is 12.5. The molecule has 6 heteroatoms. The van der Waals surface area contributed by atoms with E-state index in [0.29, 0.717) is 24.5 Å². The Kier molecular flexibility index (Phi) is 6.84. The standard InChI is InChI=1S/C15H24N2O3S/c1-4-10-17(11-5-2)21(19,20)15-8-6-14(7-9-15)12-16-13(3)18/h6-9H,4-5,10-12H2,1-3H3,(H,16,18). The maximum atomic E-state index is 12.5. The molecule has 0 aliphatic carbocycles. The van der Waals surface area contributed by atoms with Gasteiger partial charge in [-0.3, -0.25) is 4.79 Å². The van der Waals surface area contributed by atoms with E-state index in [1.165, 1.54) is 11.2 Å². The number of sulfonamides is 1. The van der Waals surface area contributed by atoms with Crippen LogP contribution in [0.2, 0.25) is 0 Å². The Morgan fingerprint density at radius 2 is 1.62 bits per heavy atom. The normalized spacial score (nSPS) is 11.6. The summed E-state index contributed by atoms with van der Waals surface area (Å²) in [7, 11) is -3.43. The van der Waals surface area contributed by atoms with Gasteiger partial charge < -0.3 is 5.32 Å². The summed E-state index contributed by atoms with van der Waals surface area (Å²) in [6.07, 6.45) is 1.58. The van der Waals surface area contributed by atoms with Crippen LogP contribution in [-0.4, -0.2) is 31.7 Å². The molecule has 5 nitrogen and oxygen atoms in total. The molecule has 0 aromatic heterocycles. The summed E-state index contributed by atoms with van der Waals surface area (Å²) in [5, 5.41) is 2.68. The fraction of sp³-hybridized carbons (Fsp3) is 0.533. The molecule has 0 aliphatic rings. The molecule has 0 aliphatic heterocycles. The summed E-state index contributed by atoms with van der Waals surface area (Å²) in [6, 6.07) is 6.67. The zero-order valence-electron chi connectivity index (χ0n) is 12.9. The van der Waals surface area contributed by atoms with Gasteiger partial charge in [-0.25, -0.2) is 8.42 Å². The summed E-state index contributed by atoms with van der Waals surface area (Å²) < 4.78 is 26.6. The van der Waals surface area contributed by atoms with Crippen LogP contribution in [-0.2, 0) is 21.4 Å². The van der Waals surface area contributed by atoms with Crippen LogP contribution in [0.5, 0.6) is 0 Å². The van der Waals surface area contributed by atoms with Gasteiger partial charge in [0.1, 0.15) is 0 Å². The van der Waals surface area contributed by atoms with Gasteiger partial charge >= 0.3 is 0 Å². The maximum Gasteiger partial charge on any atom is 0.243 e. The minimum absolute atomic E-state index is 0.108. The molecule has 1 aromatic rings. The van der Waals surface area contributed by atoms with Gasteiger partial charge in [-0.2, -0.15) is 4.31 Å². The van der Waals surface area contributed by atoms with Crippen LogP contribution in [0, 0.1) is 0 Å². The van der Waals surface area contributed by atoms with Crippen molar-refractivity contribution in [2.24, 2.45) is 0 Å². The topological polar surface area (TPSA) is 66.5 Å². The van der Waals surface area contributed by atoms with Gasteiger partial charge in [0.05, 0.1) is 4.90 Å². The Morgan fingerprint density at radius 3 is 2.05 bits per heavy atom. The van der Waals surface area contributed by atoms with Gasteiger partial charge in [-0.15, -0.1) is 0 Å². The molecule has 118 valence electrons. The van der Waals surface area contributed by atoms with Crippen LogP contribution in [0.25, 0.3) is 0 Å². The van der Waals surface area contributed by atoms with Gasteiger partial charge in [-0.1, -0.05) is 26.0 Å². The molecule has 0 fully saturated rings. The monoisotopic (exact) mass is 312 g/mol. The van der Waals surface area contributed by atoms with E-state index in [1.54, 1.807) is 24.3 Å². The van der Waals surface area contributed by atoms with Crippen LogP contribution in [0.15, 0.2) is 29.2 Å². The van der Waals surface area contributed by atoms with E-state index >= 15 is 0 Å². The molecule has 1 amide bonds. The van der Waals surface area contributed by atoms with Gasteiger partial charge in [0.25, 0.3) is 0 Å². The zero-order chi connectivity index (χ0) is 15.9. The fourth-order valence-corrected chi connectivity index (χ4v) is 3.63. The second kappa shape index (κ2) is 8.14. The molecular weight excluding hydrogens is 288 g/mol. The average Bonchev–Trinajstić information content (AvgIpc) is 2.45. The van der Waals surface area contributed by atoms with Crippen LogP contribution < -0.4 is 5.32 Å². The molecule has 21 heavy (non-hydrogen) atoms. The predicted octanol–water partition coefficient (Wildman–Crippen LogP) is 2.13. The summed E-state index contributed by atoms with van der Waals surface area (Å²) in [6.45, 7) is 6.85. The third kappa shape index (κ3) is 5.13. The number of hydrogen-bond acceptors (Lipinski definition) is 3. The number of benzene rings is 1. The highest BCUT2D eigenvalue weighted by Crippen LogP contribution is 2.17. The summed E-state index contributed by atoms with van der Waals surface area (Å²) in [5.41, 5.74) is 0.877. The van der Waals surface area contributed by atoms with E-state index in [2.05, 4.69) is 5.32 Å². The quantitative estimate of drug-likeness (QED) is 0.799. The third-order valence-corrected chi connectivity index (χ3v) is 4.96. The van der Waals surface area contributed by atoms with E-state index in [4.69, 9.17) is 0 Å². The molecule has 0 saturated heterocycles. The minimum atomic E-state index is -3.43. The Balaban J connectivity index is 2.90. The first kappa shape index (κ1) is 17.7. The number of carbonyl (C=O) groups excluding carboxylic acids is 1. The SMILES string of the molecule is CCCN(CCC)S(=O)(=O)c1ccc(CNC(C)=O)cc1. The van der Waals surface area contributed by atoms with Gasteiger partial charge in [0.2, 0.25) is 15.9 Å². The lowest BCUT2D eigenvalue weighted by molar-refractivity contribution is -0.119. The van der Waals surface area contributed by atoms with Gasteiger partial charge in [0, 0.05) is 26.6 Å².